The van der Waals surface area contributed by atoms with E-state index < -0.39 is 0 Å². The van der Waals surface area contributed by atoms with Gasteiger partial charge in [-0.05, 0) is 52.7 Å². The molecular weight excluding hydrogens is 296 g/mol. The highest BCUT2D eigenvalue weighted by Crippen LogP contribution is 2.41. The Bertz CT molecular complexity index is 458. The number of hydrogen-bond donors (Lipinski definition) is 0. The minimum Gasteiger partial charge on any atom is -0.115 e. The molecule has 23 heavy (non-hydrogen) atoms. The molecule has 0 spiro atoms. The Morgan fingerprint density at radius 2 is 1.35 bits per heavy atom. The molecule has 0 amide bonds. The molecule has 0 aliphatic heterocycles. The molecule has 0 heterocycles. The molecule has 0 aromatic carbocycles. The molecule has 0 aromatic heterocycles. The summed E-state index contributed by atoms with van der Waals surface area (Å²) in [6.07, 6.45) is 22.5. The van der Waals surface area contributed by atoms with E-state index in [9.17, 15) is 0 Å². The van der Waals surface area contributed by atoms with Crippen LogP contribution < -0.4 is 0 Å². The highest BCUT2D eigenvalue weighted by molar-refractivity contribution is 8.04. The first kappa shape index (κ1) is 24.0. The van der Waals surface area contributed by atoms with Gasteiger partial charge in [-0.1, -0.05) is 75.5 Å². The topological polar surface area (TPSA) is 0 Å². The first-order valence-corrected chi connectivity index (χ1v) is 9.50. The van der Waals surface area contributed by atoms with E-state index in [2.05, 4.69) is 95.4 Å². The first-order valence-electron chi connectivity index (χ1n) is 8.68. The van der Waals surface area contributed by atoms with Crippen LogP contribution in [0.15, 0.2) is 71.2 Å². The van der Waals surface area contributed by atoms with Crippen molar-refractivity contribution in [3.8, 4) is 0 Å². The summed E-state index contributed by atoms with van der Waals surface area (Å²) in [7, 11) is 0. The second kappa shape index (κ2) is 15.7. The number of allylic oxidation sites excluding steroid dienone is 10. The highest BCUT2D eigenvalue weighted by Gasteiger charge is 2.26. The third kappa shape index (κ3) is 10.2. The predicted octanol–water partition coefficient (Wildman–Crippen LogP) is 8.03. The summed E-state index contributed by atoms with van der Waals surface area (Å²) in [6.45, 7) is 16.8. The van der Waals surface area contributed by atoms with E-state index in [4.69, 9.17) is 0 Å². The SMILES string of the molecule is CC.C\C=C/C=C(\C=C/C)SC(C)(CC)C(/C=C\C)=C/C=C\C. The van der Waals surface area contributed by atoms with Crippen LogP contribution >= 0.6 is 11.8 Å². The summed E-state index contributed by atoms with van der Waals surface area (Å²) >= 11 is 1.92. The van der Waals surface area contributed by atoms with E-state index in [1.54, 1.807) is 0 Å². The summed E-state index contributed by atoms with van der Waals surface area (Å²) in [5, 5.41) is 0. The standard InChI is InChI=1S/C20H30S.C2H6/c1-7-12-16-18(14-9-3)20(6,11-5)21-19(15-10-4)17-13-8-2;1-2/h7-10,12-17H,11H2,1-6H3;1-2H3/b12-7-,13-8-,14-9-,15-10-,18-16+,19-17+;. The summed E-state index contributed by atoms with van der Waals surface area (Å²) < 4.78 is 0.0684. The van der Waals surface area contributed by atoms with Crippen LogP contribution in [0.2, 0.25) is 0 Å². The maximum atomic E-state index is 2.32. The minimum absolute atomic E-state index is 0.0684. The van der Waals surface area contributed by atoms with Gasteiger partial charge >= 0.3 is 0 Å². The Hall–Kier alpha value is -1.21. The second-order valence-corrected chi connectivity index (χ2v) is 6.51. The zero-order chi connectivity index (χ0) is 18.1. The van der Waals surface area contributed by atoms with Gasteiger partial charge in [0, 0.05) is 9.65 Å². The molecule has 0 rings (SSSR count). The average molecular weight is 333 g/mol. The predicted molar refractivity (Wildman–Crippen MR) is 113 cm³/mol. The summed E-state index contributed by atoms with van der Waals surface area (Å²) in [5.74, 6) is 0. The van der Waals surface area contributed by atoms with Crippen molar-refractivity contribution in [2.75, 3.05) is 0 Å². The fourth-order valence-electron chi connectivity index (χ4n) is 1.86. The second-order valence-electron chi connectivity index (χ2n) is 4.93. The lowest BCUT2D eigenvalue weighted by Crippen LogP contribution is -2.21. The summed E-state index contributed by atoms with van der Waals surface area (Å²) in [6, 6.07) is 0. The smallest absolute Gasteiger partial charge is 0.0424 e. The Morgan fingerprint density at radius 1 is 0.826 bits per heavy atom. The molecule has 0 nitrogen and oxygen atoms in total. The molecule has 1 atom stereocenters. The zero-order valence-electron chi connectivity index (χ0n) is 16.4. The number of rotatable bonds is 8. The van der Waals surface area contributed by atoms with Crippen molar-refractivity contribution in [3.63, 3.8) is 0 Å². The molecule has 1 heteroatoms. The van der Waals surface area contributed by atoms with Gasteiger partial charge in [0.1, 0.15) is 0 Å². The molecule has 1 unspecified atom stereocenters. The summed E-state index contributed by atoms with van der Waals surface area (Å²) in [5.41, 5.74) is 1.35. The fraction of sp³-hybridized carbons (Fsp3) is 0.455. The van der Waals surface area contributed by atoms with Crippen LogP contribution in [0.25, 0.3) is 0 Å². The zero-order valence-corrected chi connectivity index (χ0v) is 17.2. The van der Waals surface area contributed by atoms with Gasteiger partial charge in [0.15, 0.2) is 0 Å². The lowest BCUT2D eigenvalue weighted by atomic mass is 9.96. The van der Waals surface area contributed by atoms with Crippen molar-refractivity contribution >= 4 is 11.8 Å². The van der Waals surface area contributed by atoms with Gasteiger partial charge < -0.3 is 0 Å². The van der Waals surface area contributed by atoms with Crippen molar-refractivity contribution in [2.24, 2.45) is 0 Å². The van der Waals surface area contributed by atoms with Crippen LogP contribution in [-0.4, -0.2) is 4.75 Å². The Balaban J connectivity index is 0. The molecule has 0 aliphatic rings. The lowest BCUT2D eigenvalue weighted by Gasteiger charge is -2.30. The van der Waals surface area contributed by atoms with E-state index in [1.807, 2.05) is 32.5 Å². The fourth-order valence-corrected chi connectivity index (χ4v) is 3.13. The molecule has 0 radical (unpaired) electrons. The third-order valence-electron chi connectivity index (χ3n) is 3.23. The van der Waals surface area contributed by atoms with E-state index in [-0.39, 0.29) is 4.75 Å². The van der Waals surface area contributed by atoms with Gasteiger partial charge in [-0.25, -0.2) is 0 Å². The van der Waals surface area contributed by atoms with Crippen molar-refractivity contribution in [2.45, 2.75) is 66.6 Å². The molecule has 0 bridgehead atoms. The average Bonchev–Trinajstić information content (AvgIpc) is 2.58. The maximum Gasteiger partial charge on any atom is 0.0424 e. The van der Waals surface area contributed by atoms with E-state index in [0.29, 0.717) is 0 Å². The maximum absolute atomic E-state index is 2.32. The molecule has 130 valence electrons. The van der Waals surface area contributed by atoms with Gasteiger partial charge in [-0.3, -0.25) is 0 Å². The molecule has 0 aromatic rings. The van der Waals surface area contributed by atoms with Gasteiger partial charge in [-0.15, -0.1) is 11.8 Å². The van der Waals surface area contributed by atoms with Crippen molar-refractivity contribution < 1.29 is 0 Å². The number of hydrogen-bond acceptors (Lipinski definition) is 1. The molecule has 0 N–H and O–H groups in total. The van der Waals surface area contributed by atoms with Crippen molar-refractivity contribution in [1.82, 2.24) is 0 Å². The van der Waals surface area contributed by atoms with Crippen LogP contribution in [0, 0.1) is 0 Å². The normalized spacial score (nSPS) is 16.3. The first-order chi connectivity index (χ1) is 11.1. The van der Waals surface area contributed by atoms with Crippen LogP contribution in [0.5, 0.6) is 0 Å². The van der Waals surface area contributed by atoms with Crippen molar-refractivity contribution in [1.29, 1.82) is 0 Å². The Labute approximate surface area is 149 Å². The van der Waals surface area contributed by atoms with Crippen LogP contribution in [-0.2, 0) is 0 Å². The molecule has 0 fully saturated rings. The lowest BCUT2D eigenvalue weighted by molar-refractivity contribution is 0.729. The largest absolute Gasteiger partial charge is 0.115 e. The minimum atomic E-state index is 0.0684. The molecular formula is C22H36S. The van der Waals surface area contributed by atoms with E-state index >= 15 is 0 Å². The van der Waals surface area contributed by atoms with Gasteiger partial charge in [-0.2, -0.15) is 0 Å². The van der Waals surface area contributed by atoms with Gasteiger partial charge in [0.05, 0.1) is 0 Å². The molecule has 0 saturated carbocycles. The Morgan fingerprint density at radius 3 is 1.78 bits per heavy atom. The van der Waals surface area contributed by atoms with Crippen LogP contribution in [0.3, 0.4) is 0 Å². The quantitative estimate of drug-likeness (QED) is 0.405. The van der Waals surface area contributed by atoms with Gasteiger partial charge in [0.25, 0.3) is 0 Å². The Kier molecular flexibility index (Phi) is 16.4. The van der Waals surface area contributed by atoms with Crippen LogP contribution in [0.4, 0.5) is 0 Å². The van der Waals surface area contributed by atoms with Crippen molar-refractivity contribution in [3.05, 3.63) is 71.2 Å². The third-order valence-corrected chi connectivity index (χ3v) is 4.71. The van der Waals surface area contributed by atoms with E-state index in [0.717, 1.165) is 6.42 Å². The van der Waals surface area contributed by atoms with Gasteiger partial charge in [0.2, 0.25) is 0 Å². The number of thioether (sulfide) groups is 1. The molecule has 0 aliphatic carbocycles. The summed E-state index contributed by atoms with van der Waals surface area (Å²) in [4.78, 5) is 1.29. The highest BCUT2D eigenvalue weighted by atomic mass is 32.2. The van der Waals surface area contributed by atoms with Crippen LogP contribution in [0.1, 0.15) is 61.8 Å². The monoisotopic (exact) mass is 332 g/mol. The molecule has 0 saturated heterocycles. The van der Waals surface area contributed by atoms with E-state index in [1.165, 1.54) is 10.5 Å².